The van der Waals surface area contributed by atoms with Crippen molar-refractivity contribution in [2.24, 2.45) is 0 Å². The summed E-state index contributed by atoms with van der Waals surface area (Å²) in [7, 11) is 0. The first-order chi connectivity index (χ1) is 15.0. The molecule has 0 saturated heterocycles. The van der Waals surface area contributed by atoms with Gasteiger partial charge < -0.3 is 9.64 Å². The summed E-state index contributed by atoms with van der Waals surface area (Å²) in [5, 5.41) is 3.05. The third kappa shape index (κ3) is 4.91. The van der Waals surface area contributed by atoms with Gasteiger partial charge >= 0.3 is 5.97 Å². The van der Waals surface area contributed by atoms with Crippen LogP contribution in [0.15, 0.2) is 64.2 Å². The normalized spacial score (nSPS) is 11.8. The van der Waals surface area contributed by atoms with Crippen LogP contribution in [0.3, 0.4) is 0 Å². The van der Waals surface area contributed by atoms with Crippen LogP contribution in [-0.2, 0) is 20.9 Å². The first-order valence-corrected chi connectivity index (χ1v) is 10.2. The summed E-state index contributed by atoms with van der Waals surface area (Å²) in [5.41, 5.74) is -0.242. The second-order valence-corrected chi connectivity index (χ2v) is 6.98. The van der Waals surface area contributed by atoms with Crippen molar-refractivity contribution in [1.82, 2.24) is 14.7 Å². The van der Waals surface area contributed by atoms with Gasteiger partial charge in [-0.25, -0.2) is 4.68 Å². The van der Waals surface area contributed by atoms with Gasteiger partial charge in [0.05, 0.1) is 23.7 Å². The monoisotopic (exact) mass is 423 g/mol. The van der Waals surface area contributed by atoms with E-state index in [1.165, 1.54) is 0 Å². The molecule has 0 spiro atoms. The predicted octanol–water partition coefficient (Wildman–Crippen LogP) is 2.23. The number of esters is 1. The number of carbonyl (C=O) groups excluding carboxylic acids is 2. The third-order valence-corrected chi connectivity index (χ3v) is 5.07. The number of likely N-dealkylation sites (N-methyl/N-ethyl adjacent to an activating group) is 1. The SMILES string of the molecule is CCN(CC)C(=O)[C@@H](OC(=O)CCn1[nH]c(=O)c2ccccc2c1=O)c1ccccc1. The van der Waals surface area contributed by atoms with E-state index in [4.69, 9.17) is 4.74 Å². The molecule has 0 unspecified atom stereocenters. The van der Waals surface area contributed by atoms with Crippen molar-refractivity contribution in [3.63, 3.8) is 0 Å². The number of nitrogens with one attached hydrogen (secondary N) is 1. The van der Waals surface area contributed by atoms with Crippen LogP contribution >= 0.6 is 0 Å². The maximum atomic E-state index is 12.9. The molecule has 0 bridgehead atoms. The van der Waals surface area contributed by atoms with Crippen molar-refractivity contribution < 1.29 is 14.3 Å². The number of nitrogens with zero attached hydrogens (tertiary/aromatic N) is 2. The number of aryl methyl sites for hydroxylation is 1. The number of H-pyrrole nitrogens is 1. The number of amides is 1. The van der Waals surface area contributed by atoms with Gasteiger partial charge in [-0.1, -0.05) is 42.5 Å². The number of hydrogen-bond donors (Lipinski definition) is 1. The molecule has 2 aromatic carbocycles. The van der Waals surface area contributed by atoms with Crippen LogP contribution in [0.4, 0.5) is 0 Å². The maximum absolute atomic E-state index is 12.9. The molecule has 0 aliphatic carbocycles. The van der Waals surface area contributed by atoms with E-state index < -0.39 is 23.2 Å². The zero-order chi connectivity index (χ0) is 22.4. The summed E-state index contributed by atoms with van der Waals surface area (Å²) < 4.78 is 6.62. The number of fused-ring (bicyclic) bond motifs is 1. The predicted molar refractivity (Wildman–Crippen MR) is 117 cm³/mol. The van der Waals surface area contributed by atoms with Gasteiger partial charge in [-0.05, 0) is 26.0 Å². The Balaban J connectivity index is 1.78. The second kappa shape index (κ2) is 9.88. The molecule has 0 radical (unpaired) electrons. The van der Waals surface area contributed by atoms with Crippen LogP contribution in [0, 0.1) is 0 Å². The Morgan fingerprint density at radius 2 is 1.58 bits per heavy atom. The fraction of sp³-hybridized carbons (Fsp3) is 0.304. The Labute approximate surface area is 179 Å². The van der Waals surface area contributed by atoms with Crippen LogP contribution in [0.2, 0.25) is 0 Å². The number of carbonyl (C=O) groups is 2. The van der Waals surface area contributed by atoms with Crippen LogP contribution in [0.25, 0.3) is 10.8 Å². The van der Waals surface area contributed by atoms with Crippen LogP contribution < -0.4 is 11.1 Å². The summed E-state index contributed by atoms with van der Waals surface area (Å²) in [4.78, 5) is 51.9. The molecule has 1 N–H and O–H groups in total. The third-order valence-electron chi connectivity index (χ3n) is 5.07. The molecule has 1 amide bonds. The fourth-order valence-corrected chi connectivity index (χ4v) is 3.39. The average molecular weight is 423 g/mol. The van der Waals surface area contributed by atoms with Crippen molar-refractivity contribution in [2.45, 2.75) is 32.9 Å². The van der Waals surface area contributed by atoms with Crippen LogP contribution in [0.5, 0.6) is 0 Å². The van der Waals surface area contributed by atoms with Gasteiger partial charge in [-0.2, -0.15) is 0 Å². The molecule has 3 rings (SSSR count). The lowest BCUT2D eigenvalue weighted by Crippen LogP contribution is -2.37. The van der Waals surface area contributed by atoms with Crippen molar-refractivity contribution in [3.8, 4) is 0 Å². The quantitative estimate of drug-likeness (QED) is 0.560. The number of rotatable bonds is 8. The summed E-state index contributed by atoms with van der Waals surface area (Å²) in [6.45, 7) is 4.62. The number of aromatic nitrogens is 2. The van der Waals surface area contributed by atoms with Gasteiger partial charge in [0.15, 0.2) is 0 Å². The fourth-order valence-electron chi connectivity index (χ4n) is 3.39. The molecule has 0 aliphatic heterocycles. The van der Waals surface area contributed by atoms with Gasteiger partial charge in [-0.15, -0.1) is 0 Å². The first-order valence-electron chi connectivity index (χ1n) is 10.2. The van der Waals surface area contributed by atoms with Crippen LogP contribution in [-0.4, -0.2) is 39.6 Å². The Hall–Kier alpha value is -3.68. The Kier molecular flexibility index (Phi) is 7.02. The van der Waals surface area contributed by atoms with Crippen molar-refractivity contribution in [1.29, 1.82) is 0 Å². The lowest BCUT2D eigenvalue weighted by atomic mass is 10.1. The lowest BCUT2D eigenvalue weighted by Gasteiger charge is -2.25. The first kappa shape index (κ1) is 22.0. The number of benzene rings is 2. The summed E-state index contributed by atoms with van der Waals surface area (Å²) in [6.07, 6.45) is -1.25. The minimum absolute atomic E-state index is 0.0707. The molecule has 8 nitrogen and oxygen atoms in total. The Morgan fingerprint density at radius 3 is 2.23 bits per heavy atom. The standard InChI is InChI=1S/C23H25N3O5/c1-3-25(4-2)23(30)20(16-10-6-5-7-11-16)31-19(27)14-15-26-22(29)18-13-9-8-12-17(18)21(28)24-26/h5-13,20H,3-4,14-15H2,1-2H3,(H,24,28)/t20-/m0/s1. The summed E-state index contributed by atoms with van der Waals surface area (Å²) in [5.74, 6) is -0.948. The molecule has 0 aliphatic rings. The van der Waals surface area contributed by atoms with Gasteiger partial charge in [0.1, 0.15) is 0 Å². The highest BCUT2D eigenvalue weighted by atomic mass is 16.5. The molecule has 1 atom stereocenters. The van der Waals surface area contributed by atoms with Crippen molar-refractivity contribution in [2.75, 3.05) is 13.1 Å². The van der Waals surface area contributed by atoms with E-state index in [1.54, 1.807) is 53.4 Å². The van der Waals surface area contributed by atoms with Crippen molar-refractivity contribution >= 4 is 22.6 Å². The lowest BCUT2D eigenvalue weighted by molar-refractivity contribution is -0.161. The Morgan fingerprint density at radius 1 is 0.968 bits per heavy atom. The number of hydrogen-bond acceptors (Lipinski definition) is 5. The topological polar surface area (TPSA) is 101 Å². The minimum atomic E-state index is -1.07. The summed E-state index contributed by atoms with van der Waals surface area (Å²) in [6, 6.07) is 15.3. The van der Waals surface area contributed by atoms with Gasteiger partial charge in [0.2, 0.25) is 6.10 Å². The number of ether oxygens (including phenoxy) is 1. The maximum Gasteiger partial charge on any atom is 0.308 e. The van der Waals surface area contributed by atoms with E-state index in [-0.39, 0.29) is 24.3 Å². The minimum Gasteiger partial charge on any atom is -0.447 e. The van der Waals surface area contributed by atoms with Crippen molar-refractivity contribution in [3.05, 3.63) is 80.9 Å². The largest absolute Gasteiger partial charge is 0.447 e. The molecular weight excluding hydrogens is 398 g/mol. The molecule has 1 aromatic heterocycles. The van der Waals surface area contributed by atoms with Crippen LogP contribution in [0.1, 0.15) is 31.9 Å². The van der Waals surface area contributed by atoms with E-state index in [9.17, 15) is 19.2 Å². The zero-order valence-corrected chi connectivity index (χ0v) is 17.5. The van der Waals surface area contributed by atoms with E-state index >= 15 is 0 Å². The molecule has 31 heavy (non-hydrogen) atoms. The van der Waals surface area contributed by atoms with Gasteiger partial charge in [0.25, 0.3) is 17.0 Å². The number of aromatic amines is 1. The smallest absolute Gasteiger partial charge is 0.308 e. The second-order valence-electron chi connectivity index (χ2n) is 6.98. The van der Waals surface area contributed by atoms with E-state index in [2.05, 4.69) is 5.10 Å². The molecule has 1 heterocycles. The highest BCUT2D eigenvalue weighted by Crippen LogP contribution is 2.21. The molecular formula is C23H25N3O5. The summed E-state index contributed by atoms with van der Waals surface area (Å²) >= 11 is 0. The molecule has 162 valence electrons. The highest BCUT2D eigenvalue weighted by Gasteiger charge is 2.28. The molecule has 3 aromatic rings. The highest BCUT2D eigenvalue weighted by molar-refractivity contribution is 5.85. The van der Waals surface area contributed by atoms with Gasteiger partial charge in [-0.3, -0.25) is 24.3 Å². The average Bonchev–Trinajstić information content (AvgIpc) is 2.80. The van der Waals surface area contributed by atoms with Gasteiger partial charge in [0, 0.05) is 18.7 Å². The van der Waals surface area contributed by atoms with E-state index in [0.717, 1.165) is 4.68 Å². The van der Waals surface area contributed by atoms with E-state index in [1.807, 2.05) is 19.9 Å². The Bertz CT molecular complexity index is 1180. The molecule has 0 fully saturated rings. The zero-order valence-electron chi connectivity index (χ0n) is 17.5. The van der Waals surface area contributed by atoms with E-state index in [0.29, 0.717) is 24.0 Å². The molecule has 0 saturated carbocycles. The molecule has 8 heteroatoms.